The number of rotatable bonds is 5. The maximum absolute atomic E-state index is 13.3. The number of aromatic nitrogens is 1. The number of anilines is 1. The molecule has 1 unspecified atom stereocenters. The average molecular weight is 491 g/mol. The predicted molar refractivity (Wildman–Crippen MR) is 127 cm³/mol. The molecule has 1 aliphatic heterocycles. The van der Waals surface area contributed by atoms with Gasteiger partial charge in [0.05, 0.1) is 17.8 Å². The summed E-state index contributed by atoms with van der Waals surface area (Å²) in [6, 6.07) is 5.88. The standard InChI is InChI=1S/C25H32F2N4O4/c1-16(30-11-12-31(25(5,6)15-30)23(33)35-24(2,3)4)22(32)29-21-10-8-18(14-28-21)34-17-7-9-19(26)20(27)13-17/h7-10,13-14,16H,11-12,15H2,1-6H3,(H,28,29,32). The molecule has 8 nitrogen and oxygen atoms in total. The Morgan fingerprint density at radius 2 is 1.77 bits per heavy atom. The third kappa shape index (κ3) is 6.88. The van der Waals surface area contributed by atoms with E-state index >= 15 is 0 Å². The van der Waals surface area contributed by atoms with Crippen LogP contribution in [-0.4, -0.2) is 63.6 Å². The summed E-state index contributed by atoms with van der Waals surface area (Å²) in [6.07, 6.45) is 1.01. The van der Waals surface area contributed by atoms with Crippen molar-refractivity contribution in [1.82, 2.24) is 14.8 Å². The van der Waals surface area contributed by atoms with Gasteiger partial charge < -0.3 is 19.7 Å². The lowest BCUT2D eigenvalue weighted by Gasteiger charge is -2.48. The second kappa shape index (κ2) is 10.2. The lowest BCUT2D eigenvalue weighted by molar-refractivity contribution is -0.122. The highest BCUT2D eigenvalue weighted by Gasteiger charge is 2.41. The number of piperazine rings is 1. The first kappa shape index (κ1) is 26.3. The van der Waals surface area contributed by atoms with Gasteiger partial charge in [0.15, 0.2) is 11.6 Å². The summed E-state index contributed by atoms with van der Waals surface area (Å²) < 4.78 is 37.4. The summed E-state index contributed by atoms with van der Waals surface area (Å²) in [5.41, 5.74) is -1.10. The van der Waals surface area contributed by atoms with Crippen LogP contribution in [0.5, 0.6) is 11.5 Å². The van der Waals surface area contributed by atoms with E-state index in [0.717, 1.165) is 12.1 Å². The van der Waals surface area contributed by atoms with Crippen LogP contribution in [0.4, 0.5) is 19.4 Å². The Hall–Kier alpha value is -3.27. The van der Waals surface area contributed by atoms with Gasteiger partial charge in [0.1, 0.15) is 22.9 Å². The largest absolute Gasteiger partial charge is 0.456 e. The molecule has 0 radical (unpaired) electrons. The number of ether oxygens (including phenoxy) is 2. The van der Waals surface area contributed by atoms with E-state index in [0.29, 0.717) is 31.2 Å². The molecule has 1 fully saturated rings. The molecule has 1 saturated heterocycles. The van der Waals surface area contributed by atoms with Crippen LogP contribution in [0.3, 0.4) is 0 Å². The fourth-order valence-electron chi connectivity index (χ4n) is 3.77. The van der Waals surface area contributed by atoms with Crippen LogP contribution >= 0.6 is 0 Å². The van der Waals surface area contributed by atoms with Crippen LogP contribution in [0.25, 0.3) is 0 Å². The summed E-state index contributed by atoms with van der Waals surface area (Å²) >= 11 is 0. The van der Waals surface area contributed by atoms with Crippen molar-refractivity contribution in [2.45, 2.75) is 58.7 Å². The number of hydrogen-bond donors (Lipinski definition) is 1. The minimum Gasteiger partial charge on any atom is -0.456 e. The van der Waals surface area contributed by atoms with Crippen molar-refractivity contribution in [3.63, 3.8) is 0 Å². The molecular weight excluding hydrogens is 458 g/mol. The van der Waals surface area contributed by atoms with Crippen LogP contribution in [0.1, 0.15) is 41.5 Å². The molecule has 0 aliphatic carbocycles. The van der Waals surface area contributed by atoms with E-state index in [4.69, 9.17) is 9.47 Å². The average Bonchev–Trinajstić information content (AvgIpc) is 2.75. The van der Waals surface area contributed by atoms with Crippen molar-refractivity contribution in [3.8, 4) is 11.5 Å². The Morgan fingerprint density at radius 3 is 2.34 bits per heavy atom. The van der Waals surface area contributed by atoms with Crippen molar-refractivity contribution >= 4 is 17.8 Å². The molecule has 1 N–H and O–H groups in total. The highest BCUT2D eigenvalue weighted by Crippen LogP contribution is 2.26. The summed E-state index contributed by atoms with van der Waals surface area (Å²) in [4.78, 5) is 33.4. The number of carbonyl (C=O) groups excluding carboxylic acids is 2. The van der Waals surface area contributed by atoms with Crippen molar-refractivity contribution in [2.75, 3.05) is 25.0 Å². The van der Waals surface area contributed by atoms with E-state index in [1.54, 1.807) is 24.0 Å². The number of carbonyl (C=O) groups is 2. The zero-order chi connectivity index (χ0) is 26.0. The van der Waals surface area contributed by atoms with E-state index < -0.39 is 28.8 Å². The van der Waals surface area contributed by atoms with Gasteiger partial charge in [-0.3, -0.25) is 9.69 Å². The molecule has 2 aromatic rings. The Morgan fingerprint density at radius 1 is 1.09 bits per heavy atom. The lowest BCUT2D eigenvalue weighted by atomic mass is 9.98. The molecule has 1 aromatic heterocycles. The van der Waals surface area contributed by atoms with E-state index in [1.807, 2.05) is 39.5 Å². The maximum atomic E-state index is 13.3. The van der Waals surface area contributed by atoms with Crippen LogP contribution in [0.2, 0.25) is 0 Å². The quantitative estimate of drug-likeness (QED) is 0.648. The molecule has 1 aromatic carbocycles. The van der Waals surface area contributed by atoms with E-state index in [-0.39, 0.29) is 17.7 Å². The fraction of sp³-hybridized carbons (Fsp3) is 0.480. The zero-order valence-corrected chi connectivity index (χ0v) is 20.9. The van der Waals surface area contributed by atoms with Gasteiger partial charge in [-0.25, -0.2) is 18.6 Å². The van der Waals surface area contributed by atoms with Crippen LogP contribution < -0.4 is 10.1 Å². The Balaban J connectivity index is 1.57. The van der Waals surface area contributed by atoms with Crippen LogP contribution in [0, 0.1) is 11.6 Å². The Labute approximate surface area is 204 Å². The Bertz CT molecular complexity index is 1070. The molecule has 190 valence electrons. The van der Waals surface area contributed by atoms with Gasteiger partial charge in [0.2, 0.25) is 5.91 Å². The minimum absolute atomic E-state index is 0.129. The normalized spacial score (nSPS) is 17.0. The molecule has 0 saturated carbocycles. The highest BCUT2D eigenvalue weighted by molar-refractivity contribution is 5.93. The van der Waals surface area contributed by atoms with Crippen molar-refractivity contribution in [3.05, 3.63) is 48.2 Å². The number of benzene rings is 1. The van der Waals surface area contributed by atoms with E-state index in [9.17, 15) is 18.4 Å². The SMILES string of the molecule is CC(C(=O)Nc1ccc(Oc2ccc(F)c(F)c2)cn1)N1CCN(C(=O)OC(C)(C)C)C(C)(C)C1. The molecule has 1 atom stereocenters. The van der Waals surface area contributed by atoms with Gasteiger partial charge in [-0.15, -0.1) is 0 Å². The fourth-order valence-corrected chi connectivity index (χ4v) is 3.77. The number of halogens is 2. The molecular formula is C25H32F2N4O4. The molecule has 2 heterocycles. The van der Waals surface area contributed by atoms with E-state index in [1.165, 1.54) is 12.3 Å². The zero-order valence-electron chi connectivity index (χ0n) is 20.9. The molecule has 2 amide bonds. The third-order valence-electron chi connectivity index (χ3n) is 5.59. The molecule has 10 heteroatoms. The van der Waals surface area contributed by atoms with Crippen molar-refractivity contribution in [2.24, 2.45) is 0 Å². The van der Waals surface area contributed by atoms with Gasteiger partial charge in [-0.2, -0.15) is 0 Å². The van der Waals surface area contributed by atoms with E-state index in [2.05, 4.69) is 10.3 Å². The minimum atomic E-state index is -1.01. The summed E-state index contributed by atoms with van der Waals surface area (Å²) in [5, 5.41) is 2.78. The number of nitrogens with zero attached hydrogens (tertiary/aromatic N) is 3. The van der Waals surface area contributed by atoms with Gasteiger partial charge in [-0.1, -0.05) is 0 Å². The monoisotopic (exact) mass is 490 g/mol. The summed E-state index contributed by atoms with van der Waals surface area (Å²) in [6.45, 7) is 12.6. The number of amides is 2. The maximum Gasteiger partial charge on any atom is 0.410 e. The second-order valence-electron chi connectivity index (χ2n) is 10.1. The molecule has 0 spiro atoms. The molecule has 0 bridgehead atoms. The summed E-state index contributed by atoms with van der Waals surface area (Å²) in [7, 11) is 0. The molecule has 3 rings (SSSR count). The molecule has 1 aliphatic rings. The van der Waals surface area contributed by atoms with Crippen LogP contribution in [-0.2, 0) is 9.53 Å². The topological polar surface area (TPSA) is 84.0 Å². The van der Waals surface area contributed by atoms with Crippen LogP contribution in [0.15, 0.2) is 36.5 Å². The summed E-state index contributed by atoms with van der Waals surface area (Å²) in [5.74, 6) is -1.45. The smallest absolute Gasteiger partial charge is 0.410 e. The number of hydrogen-bond acceptors (Lipinski definition) is 6. The van der Waals surface area contributed by atoms with Crippen molar-refractivity contribution < 1.29 is 27.8 Å². The predicted octanol–water partition coefficient (Wildman–Crippen LogP) is 4.81. The third-order valence-corrected chi connectivity index (χ3v) is 5.59. The Kier molecular flexibility index (Phi) is 7.64. The first-order valence-corrected chi connectivity index (χ1v) is 11.4. The van der Waals surface area contributed by atoms with Gasteiger partial charge in [0.25, 0.3) is 0 Å². The highest BCUT2D eigenvalue weighted by atomic mass is 19.2. The van der Waals surface area contributed by atoms with Crippen molar-refractivity contribution in [1.29, 1.82) is 0 Å². The first-order chi connectivity index (χ1) is 16.2. The van der Waals surface area contributed by atoms with Gasteiger partial charge >= 0.3 is 6.09 Å². The number of pyridine rings is 1. The second-order valence-corrected chi connectivity index (χ2v) is 10.1. The number of nitrogens with one attached hydrogen (secondary N) is 1. The molecule has 35 heavy (non-hydrogen) atoms. The lowest BCUT2D eigenvalue weighted by Crippen LogP contribution is -2.64. The first-order valence-electron chi connectivity index (χ1n) is 11.4. The van der Waals surface area contributed by atoms with Gasteiger partial charge in [-0.05, 0) is 65.8 Å². The van der Waals surface area contributed by atoms with Gasteiger partial charge in [0, 0.05) is 25.7 Å².